The molecule has 2 atom stereocenters. The van der Waals surface area contributed by atoms with Gasteiger partial charge >= 0.3 is 5.97 Å². The van der Waals surface area contributed by atoms with Crippen LogP contribution in [0.3, 0.4) is 0 Å². The SMILES string of the molecule is CC[C@H](C)c1ccc(NC(=O)COC(=O)[C@]2(C)CC2(Cl)Cl)cc1. The summed E-state index contributed by atoms with van der Waals surface area (Å²) in [4.78, 5) is 23.7. The van der Waals surface area contributed by atoms with Crippen molar-refractivity contribution in [2.24, 2.45) is 5.41 Å². The lowest BCUT2D eigenvalue weighted by molar-refractivity contribution is -0.152. The lowest BCUT2D eigenvalue weighted by atomic mass is 9.99. The zero-order chi connectivity index (χ0) is 17.3. The Balaban J connectivity index is 1.82. The highest BCUT2D eigenvalue weighted by atomic mass is 35.5. The van der Waals surface area contributed by atoms with E-state index in [-0.39, 0.29) is 6.61 Å². The summed E-state index contributed by atoms with van der Waals surface area (Å²) in [6, 6.07) is 7.64. The number of alkyl halides is 2. The van der Waals surface area contributed by atoms with Crippen molar-refractivity contribution in [3.8, 4) is 0 Å². The summed E-state index contributed by atoms with van der Waals surface area (Å²) in [5, 5.41) is 2.69. The van der Waals surface area contributed by atoms with E-state index in [0.29, 0.717) is 18.0 Å². The van der Waals surface area contributed by atoms with Gasteiger partial charge in [-0.3, -0.25) is 9.59 Å². The van der Waals surface area contributed by atoms with Crippen LogP contribution in [0.1, 0.15) is 45.1 Å². The largest absolute Gasteiger partial charge is 0.455 e. The molecule has 1 N–H and O–H groups in total. The predicted molar refractivity (Wildman–Crippen MR) is 91.9 cm³/mol. The quantitative estimate of drug-likeness (QED) is 0.610. The zero-order valence-electron chi connectivity index (χ0n) is 13.5. The molecule has 1 aliphatic carbocycles. The van der Waals surface area contributed by atoms with Gasteiger partial charge in [-0.25, -0.2) is 0 Å². The molecule has 0 bridgehead atoms. The van der Waals surface area contributed by atoms with Crippen LogP contribution in [0, 0.1) is 5.41 Å². The molecule has 4 nitrogen and oxygen atoms in total. The van der Waals surface area contributed by atoms with Crippen molar-refractivity contribution >= 4 is 40.8 Å². The van der Waals surface area contributed by atoms with Crippen LogP contribution in [0.4, 0.5) is 5.69 Å². The molecule has 0 aliphatic heterocycles. The van der Waals surface area contributed by atoms with E-state index in [1.807, 2.05) is 24.3 Å². The average molecular weight is 358 g/mol. The molecule has 2 rings (SSSR count). The molecule has 0 heterocycles. The van der Waals surface area contributed by atoms with Crippen molar-refractivity contribution in [1.29, 1.82) is 0 Å². The molecule has 6 heteroatoms. The van der Waals surface area contributed by atoms with Gasteiger partial charge in [0.15, 0.2) is 6.61 Å². The Bertz CT molecular complexity index is 600. The van der Waals surface area contributed by atoms with Gasteiger partial charge < -0.3 is 10.1 Å². The number of hydrogen-bond donors (Lipinski definition) is 1. The van der Waals surface area contributed by atoms with Crippen LogP contribution in [-0.2, 0) is 14.3 Å². The van der Waals surface area contributed by atoms with Crippen molar-refractivity contribution in [3.63, 3.8) is 0 Å². The van der Waals surface area contributed by atoms with Gasteiger partial charge in [-0.15, -0.1) is 23.2 Å². The standard InChI is InChI=1S/C17H21Cl2NO3/c1-4-11(2)12-5-7-13(8-6-12)20-14(21)9-23-15(22)16(3)10-17(16,18)19/h5-8,11H,4,9-10H2,1-3H3,(H,20,21)/t11-,16-/m0/s1. The van der Waals surface area contributed by atoms with Gasteiger partial charge in [-0.05, 0) is 37.0 Å². The van der Waals surface area contributed by atoms with E-state index >= 15 is 0 Å². The van der Waals surface area contributed by atoms with E-state index in [0.717, 1.165) is 6.42 Å². The number of anilines is 1. The number of amides is 1. The average Bonchev–Trinajstić information content (AvgIpc) is 3.04. The Morgan fingerprint density at radius 2 is 1.87 bits per heavy atom. The van der Waals surface area contributed by atoms with E-state index < -0.39 is 21.6 Å². The minimum Gasteiger partial charge on any atom is -0.455 e. The lowest BCUT2D eigenvalue weighted by Gasteiger charge is -2.12. The second kappa shape index (κ2) is 6.70. The number of rotatable bonds is 6. The number of nitrogens with one attached hydrogen (secondary N) is 1. The lowest BCUT2D eigenvalue weighted by Crippen LogP contribution is -2.26. The third-order valence-corrected chi connectivity index (χ3v) is 5.52. The zero-order valence-corrected chi connectivity index (χ0v) is 15.0. The number of ether oxygens (including phenoxy) is 1. The maximum atomic E-state index is 11.9. The Labute approximate surface area is 146 Å². The molecule has 0 spiro atoms. The number of halogens is 2. The first-order chi connectivity index (χ1) is 10.7. The van der Waals surface area contributed by atoms with Crippen molar-refractivity contribution in [2.75, 3.05) is 11.9 Å². The van der Waals surface area contributed by atoms with E-state index in [2.05, 4.69) is 19.2 Å². The molecule has 0 aromatic heterocycles. The molecule has 0 saturated heterocycles. The summed E-state index contributed by atoms with van der Waals surface area (Å²) < 4.78 is 3.91. The van der Waals surface area contributed by atoms with Crippen LogP contribution in [0.2, 0.25) is 0 Å². The summed E-state index contributed by atoms with van der Waals surface area (Å²) in [5.74, 6) is -0.468. The highest BCUT2D eigenvalue weighted by Gasteiger charge is 2.69. The minimum atomic E-state index is -1.09. The molecule has 0 unspecified atom stereocenters. The fourth-order valence-electron chi connectivity index (χ4n) is 2.24. The van der Waals surface area contributed by atoms with Crippen LogP contribution >= 0.6 is 23.2 Å². The molecule has 126 valence electrons. The number of hydrogen-bond acceptors (Lipinski definition) is 3. The predicted octanol–water partition coefficient (Wildman–Crippen LogP) is 4.27. The van der Waals surface area contributed by atoms with E-state index in [9.17, 15) is 9.59 Å². The van der Waals surface area contributed by atoms with E-state index in [4.69, 9.17) is 27.9 Å². The Kier molecular flexibility index (Phi) is 5.27. The minimum absolute atomic E-state index is 0.334. The van der Waals surface area contributed by atoms with Gasteiger partial charge in [0, 0.05) is 12.1 Å². The first-order valence-electron chi connectivity index (χ1n) is 7.64. The highest BCUT2D eigenvalue weighted by Crippen LogP contribution is 2.64. The molecule has 1 aromatic carbocycles. The van der Waals surface area contributed by atoms with Gasteiger partial charge in [0.05, 0.1) is 0 Å². The monoisotopic (exact) mass is 357 g/mol. The normalized spacial score (nSPS) is 23.0. The third-order valence-electron chi connectivity index (χ3n) is 4.42. The maximum Gasteiger partial charge on any atom is 0.315 e. The third kappa shape index (κ3) is 3.99. The van der Waals surface area contributed by atoms with Gasteiger partial charge in [0.2, 0.25) is 0 Å². The summed E-state index contributed by atoms with van der Waals surface area (Å²) in [5.41, 5.74) is 0.966. The molecule has 1 fully saturated rings. The summed E-state index contributed by atoms with van der Waals surface area (Å²) >= 11 is 11.8. The number of esters is 1. The van der Waals surface area contributed by atoms with Crippen LogP contribution in [0.5, 0.6) is 0 Å². The first-order valence-corrected chi connectivity index (χ1v) is 8.40. The van der Waals surface area contributed by atoms with Crippen LogP contribution in [-0.4, -0.2) is 22.8 Å². The van der Waals surface area contributed by atoms with Gasteiger partial charge in [0.1, 0.15) is 9.75 Å². The fourth-order valence-corrected chi connectivity index (χ4v) is 2.93. The summed E-state index contributed by atoms with van der Waals surface area (Å²) in [6.45, 7) is 5.55. The molecular weight excluding hydrogens is 337 g/mol. The molecular formula is C17H21Cl2NO3. The topological polar surface area (TPSA) is 55.4 Å². The Morgan fingerprint density at radius 1 is 1.30 bits per heavy atom. The number of carbonyl (C=O) groups excluding carboxylic acids is 2. The molecule has 0 radical (unpaired) electrons. The number of benzene rings is 1. The van der Waals surface area contributed by atoms with Crippen LogP contribution in [0.15, 0.2) is 24.3 Å². The van der Waals surface area contributed by atoms with Gasteiger partial charge in [0.25, 0.3) is 5.91 Å². The van der Waals surface area contributed by atoms with Crippen molar-refractivity contribution in [1.82, 2.24) is 0 Å². The van der Waals surface area contributed by atoms with Crippen molar-refractivity contribution in [3.05, 3.63) is 29.8 Å². The second-order valence-electron chi connectivity index (χ2n) is 6.27. The van der Waals surface area contributed by atoms with E-state index in [1.54, 1.807) is 6.92 Å². The maximum absolute atomic E-state index is 11.9. The smallest absolute Gasteiger partial charge is 0.315 e. The Morgan fingerprint density at radius 3 is 2.35 bits per heavy atom. The van der Waals surface area contributed by atoms with Crippen molar-refractivity contribution in [2.45, 2.75) is 43.9 Å². The molecule has 1 amide bonds. The van der Waals surface area contributed by atoms with Crippen LogP contribution < -0.4 is 5.32 Å². The first kappa shape index (κ1) is 18.1. The van der Waals surface area contributed by atoms with Crippen molar-refractivity contribution < 1.29 is 14.3 Å². The summed E-state index contributed by atoms with van der Waals surface area (Å²) in [6.07, 6.45) is 1.39. The molecule has 1 aromatic rings. The van der Waals surface area contributed by atoms with E-state index in [1.165, 1.54) is 5.56 Å². The second-order valence-corrected chi connectivity index (χ2v) is 7.75. The molecule has 1 saturated carbocycles. The highest BCUT2D eigenvalue weighted by molar-refractivity contribution is 6.53. The summed E-state index contributed by atoms with van der Waals surface area (Å²) in [7, 11) is 0. The van der Waals surface area contributed by atoms with Crippen LogP contribution in [0.25, 0.3) is 0 Å². The van der Waals surface area contributed by atoms with Gasteiger partial charge in [-0.1, -0.05) is 26.0 Å². The van der Waals surface area contributed by atoms with Gasteiger partial charge in [-0.2, -0.15) is 0 Å². The Hall–Kier alpha value is -1.26. The molecule has 23 heavy (non-hydrogen) atoms. The number of carbonyl (C=O) groups is 2. The fraction of sp³-hybridized carbons (Fsp3) is 0.529. The molecule has 1 aliphatic rings.